The monoisotopic (exact) mass is 412 g/mol. The van der Waals surface area contributed by atoms with Crippen LogP contribution in [-0.2, 0) is 0 Å². The molecule has 8 heteroatoms. The van der Waals surface area contributed by atoms with Gasteiger partial charge in [-0.2, -0.15) is 5.26 Å². The highest BCUT2D eigenvalue weighted by Crippen LogP contribution is 2.48. The number of fused-ring (bicyclic) bond motifs is 1. The number of phenolic OH excluding ortho intramolecular Hbond substituents is 1. The summed E-state index contributed by atoms with van der Waals surface area (Å²) in [5.41, 5.74) is 7.93. The van der Waals surface area contributed by atoms with Crippen LogP contribution in [0.3, 0.4) is 0 Å². The minimum atomic E-state index is -0.835. The predicted octanol–water partition coefficient (Wildman–Crippen LogP) is 4.27. The van der Waals surface area contributed by atoms with Gasteiger partial charge in [-0.15, -0.1) is 0 Å². The smallest absolute Gasteiger partial charge is 0.269 e. The van der Waals surface area contributed by atoms with Crippen molar-refractivity contribution in [2.45, 2.75) is 5.92 Å². The van der Waals surface area contributed by atoms with Crippen molar-refractivity contribution < 1.29 is 14.8 Å². The number of rotatable bonds is 4. The summed E-state index contributed by atoms with van der Waals surface area (Å²) in [6.07, 6.45) is 1.57. The zero-order chi connectivity index (χ0) is 22.0. The minimum Gasteiger partial charge on any atom is -0.507 e. The molecule has 1 unspecified atom stereocenters. The number of hydrogen-bond acceptors (Lipinski definition) is 7. The molecule has 31 heavy (non-hydrogen) atoms. The first-order chi connectivity index (χ1) is 15.0. The van der Waals surface area contributed by atoms with Crippen molar-refractivity contribution in [1.29, 1.82) is 5.26 Å². The maximum Gasteiger partial charge on any atom is 0.269 e. The summed E-state index contributed by atoms with van der Waals surface area (Å²) in [6.45, 7) is 0. The first-order valence-corrected chi connectivity index (χ1v) is 9.26. The molecule has 0 bridgehead atoms. The van der Waals surface area contributed by atoms with E-state index in [1.54, 1.807) is 18.3 Å². The Kier molecular flexibility index (Phi) is 5.08. The number of nitrogens with zero attached hydrogens (tertiary/aromatic N) is 3. The summed E-state index contributed by atoms with van der Waals surface area (Å²) < 4.78 is 5.71. The second-order valence-electron chi connectivity index (χ2n) is 6.79. The third-order valence-corrected chi connectivity index (χ3v) is 4.90. The lowest BCUT2D eigenvalue weighted by molar-refractivity contribution is -0.384. The number of aromatic hydroxyl groups is 1. The first-order valence-electron chi connectivity index (χ1n) is 9.26. The van der Waals surface area contributed by atoms with Gasteiger partial charge in [-0.1, -0.05) is 30.3 Å². The first kappa shape index (κ1) is 19.7. The Labute approximate surface area is 177 Å². The van der Waals surface area contributed by atoms with Gasteiger partial charge in [-0.25, -0.2) is 0 Å². The van der Waals surface area contributed by atoms with E-state index in [-0.39, 0.29) is 28.6 Å². The fourth-order valence-electron chi connectivity index (χ4n) is 3.48. The molecule has 0 aliphatic carbocycles. The number of para-hydroxylation sites is 1. The lowest BCUT2D eigenvalue weighted by Gasteiger charge is -2.28. The average Bonchev–Trinajstić information content (AvgIpc) is 2.78. The molecule has 0 spiro atoms. The van der Waals surface area contributed by atoms with Crippen LogP contribution < -0.4 is 10.5 Å². The van der Waals surface area contributed by atoms with Gasteiger partial charge in [0.05, 0.1) is 22.1 Å². The Balaban J connectivity index is 1.89. The number of benzene rings is 3. The maximum atomic E-state index is 11.3. The number of nitro benzene ring substituents is 1. The molecule has 0 saturated carbocycles. The van der Waals surface area contributed by atoms with Crippen molar-refractivity contribution in [3.05, 3.63) is 105 Å². The third-order valence-electron chi connectivity index (χ3n) is 4.90. The fraction of sp³-hybridized carbons (Fsp3) is 0.0435. The molecular formula is C23H16N4O4. The lowest BCUT2D eigenvalue weighted by atomic mass is 9.82. The summed E-state index contributed by atoms with van der Waals surface area (Å²) in [7, 11) is 0. The van der Waals surface area contributed by atoms with Gasteiger partial charge in [0.2, 0.25) is 5.88 Å². The van der Waals surface area contributed by atoms with Crippen LogP contribution in [0.2, 0.25) is 0 Å². The van der Waals surface area contributed by atoms with Gasteiger partial charge >= 0.3 is 0 Å². The van der Waals surface area contributed by atoms with E-state index >= 15 is 0 Å². The third kappa shape index (κ3) is 3.68. The standard InChI is InChI=1S/C23H16N4O4/c24-12-18-20(14-5-4-8-17(11-14)27(29)30)21-19(28)10-9-15(22(21)31-23(18)25)13-26-16-6-2-1-3-7-16/h1-11,13,20,28H,25H2. The van der Waals surface area contributed by atoms with Crippen LogP contribution in [0.25, 0.3) is 0 Å². The molecule has 0 amide bonds. The molecule has 4 rings (SSSR count). The van der Waals surface area contributed by atoms with E-state index in [1.807, 2.05) is 36.4 Å². The molecule has 1 atom stereocenters. The topological polar surface area (TPSA) is 135 Å². The van der Waals surface area contributed by atoms with E-state index in [9.17, 15) is 20.5 Å². The lowest BCUT2D eigenvalue weighted by Crippen LogP contribution is -2.22. The van der Waals surface area contributed by atoms with E-state index < -0.39 is 10.8 Å². The van der Waals surface area contributed by atoms with Gasteiger partial charge in [0, 0.05) is 23.9 Å². The molecule has 0 radical (unpaired) electrons. The fourth-order valence-corrected chi connectivity index (χ4v) is 3.48. The predicted molar refractivity (Wildman–Crippen MR) is 114 cm³/mol. The van der Waals surface area contributed by atoms with Crippen LogP contribution in [0.15, 0.2) is 83.2 Å². The second kappa shape index (κ2) is 8.00. The molecule has 0 saturated heterocycles. The van der Waals surface area contributed by atoms with Gasteiger partial charge in [-0.05, 0) is 29.8 Å². The molecule has 1 heterocycles. The van der Waals surface area contributed by atoms with Crippen molar-refractivity contribution in [2.24, 2.45) is 10.7 Å². The van der Waals surface area contributed by atoms with Crippen LogP contribution in [0.4, 0.5) is 11.4 Å². The highest BCUT2D eigenvalue weighted by Gasteiger charge is 2.35. The average molecular weight is 412 g/mol. The summed E-state index contributed by atoms with van der Waals surface area (Å²) in [5, 5.41) is 31.6. The molecular weight excluding hydrogens is 396 g/mol. The van der Waals surface area contributed by atoms with E-state index in [4.69, 9.17) is 10.5 Å². The molecule has 8 nitrogen and oxygen atoms in total. The van der Waals surface area contributed by atoms with Crippen molar-refractivity contribution in [3.63, 3.8) is 0 Å². The Bertz CT molecular complexity index is 1280. The van der Waals surface area contributed by atoms with Crippen LogP contribution >= 0.6 is 0 Å². The zero-order valence-electron chi connectivity index (χ0n) is 16.1. The minimum absolute atomic E-state index is 0.0560. The quantitative estimate of drug-likeness (QED) is 0.373. The molecule has 0 fully saturated rings. The molecule has 0 aromatic heterocycles. The number of phenols is 1. The number of aliphatic imine (C=N–C) groups is 1. The number of nitrogens with two attached hydrogens (primary N) is 1. The Hall–Kier alpha value is -4.64. The SMILES string of the molecule is N#CC1=C(N)Oc2c(C=Nc3ccccc3)ccc(O)c2C1c1cccc([N+](=O)[O-])c1. The second-order valence-corrected chi connectivity index (χ2v) is 6.79. The Morgan fingerprint density at radius 1 is 1.16 bits per heavy atom. The molecule has 1 aliphatic heterocycles. The largest absolute Gasteiger partial charge is 0.507 e. The summed E-state index contributed by atoms with van der Waals surface area (Å²) in [4.78, 5) is 15.1. The van der Waals surface area contributed by atoms with Crippen LogP contribution in [0, 0.1) is 21.4 Å². The van der Waals surface area contributed by atoms with Gasteiger partial charge in [-0.3, -0.25) is 15.1 Å². The van der Waals surface area contributed by atoms with Crippen molar-refractivity contribution in [3.8, 4) is 17.6 Å². The van der Waals surface area contributed by atoms with Crippen molar-refractivity contribution in [1.82, 2.24) is 0 Å². The maximum absolute atomic E-state index is 11.3. The number of hydrogen-bond donors (Lipinski definition) is 2. The summed E-state index contributed by atoms with van der Waals surface area (Å²) >= 11 is 0. The van der Waals surface area contributed by atoms with E-state index in [0.29, 0.717) is 16.7 Å². The zero-order valence-corrected chi connectivity index (χ0v) is 16.1. The summed E-state index contributed by atoms with van der Waals surface area (Å²) in [6, 6.07) is 20.2. The van der Waals surface area contributed by atoms with E-state index in [2.05, 4.69) is 4.99 Å². The number of non-ortho nitro benzene ring substituents is 1. The van der Waals surface area contributed by atoms with E-state index in [1.165, 1.54) is 24.3 Å². The number of nitro groups is 1. The number of nitriles is 1. The van der Waals surface area contributed by atoms with Gasteiger partial charge < -0.3 is 15.6 Å². The molecule has 3 N–H and O–H groups in total. The van der Waals surface area contributed by atoms with Gasteiger partial charge in [0.25, 0.3) is 5.69 Å². The molecule has 3 aromatic carbocycles. The molecule has 3 aromatic rings. The van der Waals surface area contributed by atoms with Gasteiger partial charge in [0.15, 0.2) is 0 Å². The summed E-state index contributed by atoms with van der Waals surface area (Å²) in [5.74, 6) is -0.846. The molecule has 1 aliphatic rings. The van der Waals surface area contributed by atoms with E-state index in [0.717, 1.165) is 5.69 Å². The Morgan fingerprint density at radius 3 is 2.65 bits per heavy atom. The number of allylic oxidation sites excluding steroid dienone is 1. The van der Waals surface area contributed by atoms with Crippen LogP contribution in [-0.4, -0.2) is 16.2 Å². The molecule has 152 valence electrons. The van der Waals surface area contributed by atoms with Crippen LogP contribution in [0.5, 0.6) is 11.5 Å². The highest BCUT2D eigenvalue weighted by atomic mass is 16.6. The van der Waals surface area contributed by atoms with Crippen molar-refractivity contribution >= 4 is 17.6 Å². The number of ether oxygens (including phenoxy) is 1. The van der Waals surface area contributed by atoms with Crippen molar-refractivity contribution in [2.75, 3.05) is 0 Å². The highest BCUT2D eigenvalue weighted by molar-refractivity contribution is 5.88. The normalized spacial score (nSPS) is 15.3. The Morgan fingerprint density at radius 2 is 1.94 bits per heavy atom. The van der Waals surface area contributed by atoms with Crippen LogP contribution in [0.1, 0.15) is 22.6 Å². The van der Waals surface area contributed by atoms with Gasteiger partial charge in [0.1, 0.15) is 23.1 Å².